The predicted molar refractivity (Wildman–Crippen MR) is 62.7 cm³/mol. The van der Waals surface area contributed by atoms with Crippen LogP contribution in [0.1, 0.15) is 23.9 Å². The van der Waals surface area contributed by atoms with Gasteiger partial charge in [-0.15, -0.1) is 0 Å². The van der Waals surface area contributed by atoms with Crippen molar-refractivity contribution in [3.63, 3.8) is 0 Å². The lowest BCUT2D eigenvalue weighted by atomic mass is 10.2. The van der Waals surface area contributed by atoms with Crippen molar-refractivity contribution in [2.24, 2.45) is 12.8 Å². The lowest BCUT2D eigenvalue weighted by molar-refractivity contribution is 0.308. The molecular weight excluding hydrogens is 188 g/mol. The molecule has 0 saturated carbocycles. The van der Waals surface area contributed by atoms with Crippen LogP contribution in [0.25, 0.3) is 0 Å². The average molecular weight is 210 g/mol. The zero-order chi connectivity index (χ0) is 11.6. The molecule has 0 aromatic carbocycles. The van der Waals surface area contributed by atoms with Crippen molar-refractivity contribution in [3.05, 3.63) is 17.0 Å². The molecule has 0 amide bonds. The second kappa shape index (κ2) is 4.77. The van der Waals surface area contributed by atoms with Crippen LogP contribution in [0.4, 0.5) is 0 Å². The van der Waals surface area contributed by atoms with E-state index in [1.165, 1.54) is 11.3 Å². The van der Waals surface area contributed by atoms with Gasteiger partial charge in [0.05, 0.1) is 5.69 Å². The number of hydrogen-bond donors (Lipinski definition) is 1. The van der Waals surface area contributed by atoms with E-state index in [4.69, 9.17) is 5.73 Å². The van der Waals surface area contributed by atoms with Crippen molar-refractivity contribution in [1.82, 2.24) is 14.7 Å². The Morgan fingerprint density at radius 1 is 1.47 bits per heavy atom. The third kappa shape index (κ3) is 3.04. The minimum Gasteiger partial charge on any atom is -0.327 e. The van der Waals surface area contributed by atoms with Crippen LogP contribution in [0.3, 0.4) is 0 Å². The minimum absolute atomic E-state index is 0.215. The summed E-state index contributed by atoms with van der Waals surface area (Å²) < 4.78 is 1.93. The Hall–Kier alpha value is -0.870. The molecule has 0 aliphatic rings. The van der Waals surface area contributed by atoms with Gasteiger partial charge in [-0.05, 0) is 27.8 Å². The fraction of sp³-hybridized carbons (Fsp3) is 0.727. The average Bonchev–Trinajstić information content (AvgIpc) is 2.31. The zero-order valence-electron chi connectivity index (χ0n) is 10.4. The van der Waals surface area contributed by atoms with Gasteiger partial charge >= 0.3 is 0 Å². The number of hydrogen-bond acceptors (Lipinski definition) is 3. The first-order valence-electron chi connectivity index (χ1n) is 5.35. The van der Waals surface area contributed by atoms with Gasteiger partial charge in [0, 0.05) is 37.4 Å². The van der Waals surface area contributed by atoms with Crippen LogP contribution in [0, 0.1) is 13.8 Å². The van der Waals surface area contributed by atoms with Gasteiger partial charge in [-0.3, -0.25) is 4.68 Å². The molecule has 0 saturated heterocycles. The quantitative estimate of drug-likeness (QED) is 0.800. The third-order valence-electron chi connectivity index (χ3n) is 2.69. The monoisotopic (exact) mass is 210 g/mol. The molecule has 0 aliphatic carbocycles. The van der Waals surface area contributed by atoms with Gasteiger partial charge in [0.1, 0.15) is 0 Å². The Bertz CT molecular complexity index is 328. The third-order valence-corrected chi connectivity index (χ3v) is 2.69. The summed E-state index contributed by atoms with van der Waals surface area (Å²) in [6.07, 6.45) is 0. The normalized spacial score (nSPS) is 13.5. The topological polar surface area (TPSA) is 47.1 Å². The van der Waals surface area contributed by atoms with Gasteiger partial charge in [-0.1, -0.05) is 0 Å². The molecule has 1 atom stereocenters. The summed E-state index contributed by atoms with van der Waals surface area (Å²) in [6.45, 7) is 8.03. The zero-order valence-corrected chi connectivity index (χ0v) is 10.4. The van der Waals surface area contributed by atoms with Gasteiger partial charge in [0.25, 0.3) is 0 Å². The van der Waals surface area contributed by atoms with Crippen LogP contribution in [0.2, 0.25) is 0 Å². The fourth-order valence-corrected chi connectivity index (χ4v) is 1.87. The van der Waals surface area contributed by atoms with E-state index in [1.54, 1.807) is 0 Å². The van der Waals surface area contributed by atoms with Crippen LogP contribution in [-0.4, -0.2) is 34.3 Å². The molecule has 1 rings (SSSR count). The van der Waals surface area contributed by atoms with E-state index < -0.39 is 0 Å². The Balaban J connectivity index is 2.71. The Morgan fingerprint density at radius 3 is 2.47 bits per heavy atom. The van der Waals surface area contributed by atoms with Crippen LogP contribution >= 0.6 is 0 Å². The first kappa shape index (κ1) is 12.2. The smallest absolute Gasteiger partial charge is 0.0641 e. The van der Waals surface area contributed by atoms with Crippen molar-refractivity contribution < 1.29 is 0 Å². The van der Waals surface area contributed by atoms with Crippen molar-refractivity contribution in [2.45, 2.75) is 33.4 Å². The molecule has 1 heterocycles. The van der Waals surface area contributed by atoms with E-state index in [9.17, 15) is 0 Å². The second-order valence-electron chi connectivity index (χ2n) is 4.45. The molecular formula is C11H22N4. The number of aryl methyl sites for hydroxylation is 2. The molecule has 86 valence electrons. The van der Waals surface area contributed by atoms with Crippen molar-refractivity contribution in [1.29, 1.82) is 0 Å². The first-order chi connectivity index (χ1) is 6.91. The number of nitrogens with zero attached hydrogens (tertiary/aromatic N) is 3. The molecule has 2 N–H and O–H groups in total. The van der Waals surface area contributed by atoms with E-state index >= 15 is 0 Å². The molecule has 4 heteroatoms. The summed E-state index contributed by atoms with van der Waals surface area (Å²) >= 11 is 0. The predicted octanol–water partition coefficient (Wildman–Crippen LogP) is 0.816. The molecule has 0 aliphatic heterocycles. The van der Waals surface area contributed by atoms with Crippen molar-refractivity contribution in [3.8, 4) is 0 Å². The van der Waals surface area contributed by atoms with Crippen LogP contribution < -0.4 is 5.73 Å². The van der Waals surface area contributed by atoms with E-state index in [0.29, 0.717) is 0 Å². The maximum absolute atomic E-state index is 5.77. The molecule has 1 aromatic heterocycles. The minimum atomic E-state index is 0.215. The van der Waals surface area contributed by atoms with Crippen LogP contribution in [0.5, 0.6) is 0 Å². The molecule has 0 spiro atoms. The van der Waals surface area contributed by atoms with E-state index in [1.807, 2.05) is 18.7 Å². The molecule has 1 aromatic rings. The molecule has 1 unspecified atom stereocenters. The van der Waals surface area contributed by atoms with Crippen LogP contribution in [0.15, 0.2) is 0 Å². The summed E-state index contributed by atoms with van der Waals surface area (Å²) in [5.74, 6) is 0. The molecule has 4 nitrogen and oxygen atoms in total. The van der Waals surface area contributed by atoms with Gasteiger partial charge in [0.2, 0.25) is 0 Å². The summed E-state index contributed by atoms with van der Waals surface area (Å²) in [6, 6.07) is 0.215. The highest BCUT2D eigenvalue weighted by Gasteiger charge is 2.11. The van der Waals surface area contributed by atoms with Gasteiger partial charge < -0.3 is 10.6 Å². The number of aromatic nitrogens is 2. The van der Waals surface area contributed by atoms with Crippen LogP contribution in [-0.2, 0) is 13.6 Å². The summed E-state index contributed by atoms with van der Waals surface area (Å²) in [4.78, 5) is 2.24. The summed E-state index contributed by atoms with van der Waals surface area (Å²) in [7, 11) is 4.08. The summed E-state index contributed by atoms with van der Waals surface area (Å²) in [5.41, 5.74) is 9.44. The van der Waals surface area contributed by atoms with Crippen molar-refractivity contribution in [2.75, 3.05) is 13.6 Å². The van der Waals surface area contributed by atoms with Gasteiger partial charge in [0.15, 0.2) is 0 Å². The fourth-order valence-electron chi connectivity index (χ4n) is 1.87. The van der Waals surface area contributed by atoms with Gasteiger partial charge in [-0.2, -0.15) is 5.10 Å². The Labute approximate surface area is 92.1 Å². The SMILES string of the molecule is Cc1nn(C)c(C)c1CN(C)CC(C)N. The Morgan fingerprint density at radius 2 is 2.07 bits per heavy atom. The van der Waals surface area contributed by atoms with Gasteiger partial charge in [-0.25, -0.2) is 0 Å². The second-order valence-corrected chi connectivity index (χ2v) is 4.45. The molecule has 0 radical (unpaired) electrons. The van der Waals surface area contributed by atoms with E-state index in [-0.39, 0.29) is 6.04 Å². The molecule has 0 bridgehead atoms. The standard InChI is InChI=1S/C11H22N4/c1-8(12)6-14(4)7-11-9(2)13-15(5)10(11)3/h8H,6-7,12H2,1-5H3. The first-order valence-corrected chi connectivity index (χ1v) is 5.35. The maximum atomic E-state index is 5.77. The largest absolute Gasteiger partial charge is 0.327 e. The lowest BCUT2D eigenvalue weighted by Crippen LogP contribution is -2.32. The molecule has 0 fully saturated rings. The highest BCUT2D eigenvalue weighted by atomic mass is 15.3. The van der Waals surface area contributed by atoms with E-state index in [2.05, 4.69) is 30.9 Å². The molecule has 15 heavy (non-hydrogen) atoms. The summed E-state index contributed by atoms with van der Waals surface area (Å²) in [5, 5.41) is 4.40. The highest BCUT2D eigenvalue weighted by molar-refractivity contribution is 5.24. The number of rotatable bonds is 4. The highest BCUT2D eigenvalue weighted by Crippen LogP contribution is 2.13. The lowest BCUT2D eigenvalue weighted by Gasteiger charge is -2.18. The maximum Gasteiger partial charge on any atom is 0.0641 e. The van der Waals surface area contributed by atoms with E-state index in [0.717, 1.165) is 18.8 Å². The number of likely N-dealkylation sites (N-methyl/N-ethyl adjacent to an activating group) is 1. The van der Waals surface area contributed by atoms with Crippen molar-refractivity contribution >= 4 is 0 Å². The Kier molecular flexibility index (Phi) is 3.88. The number of nitrogens with two attached hydrogens (primary N) is 1.